The summed E-state index contributed by atoms with van der Waals surface area (Å²) in [5.74, 6) is -0.904. The quantitative estimate of drug-likeness (QED) is 0.916. The van der Waals surface area contributed by atoms with Gasteiger partial charge in [-0.05, 0) is 43.6 Å². The number of hydrogen-bond acceptors (Lipinski definition) is 3. The molecule has 1 aromatic heterocycles. The van der Waals surface area contributed by atoms with Crippen LogP contribution >= 0.6 is 0 Å². The van der Waals surface area contributed by atoms with Gasteiger partial charge in [0.1, 0.15) is 0 Å². The zero-order valence-corrected chi connectivity index (χ0v) is 11.9. The van der Waals surface area contributed by atoms with Crippen LogP contribution in [0.4, 0.5) is 0 Å². The molecule has 0 atom stereocenters. The molecule has 1 aliphatic rings. The minimum Gasteiger partial charge on any atom is -0.478 e. The third kappa shape index (κ3) is 3.31. The Kier molecular flexibility index (Phi) is 4.01. The summed E-state index contributed by atoms with van der Waals surface area (Å²) in [5.41, 5.74) is 2.15. The summed E-state index contributed by atoms with van der Waals surface area (Å²) in [7, 11) is 0. The molecule has 3 rings (SSSR count). The van der Waals surface area contributed by atoms with E-state index in [1.165, 1.54) is 25.9 Å². The molecule has 0 unspecified atom stereocenters. The van der Waals surface area contributed by atoms with Gasteiger partial charge in [-0.1, -0.05) is 12.1 Å². The molecule has 110 valence electrons. The van der Waals surface area contributed by atoms with Crippen LogP contribution in [0.15, 0.2) is 36.7 Å². The summed E-state index contributed by atoms with van der Waals surface area (Å²) in [5, 5.41) is 13.4. The molecular formula is C16H19N3O2. The fourth-order valence-corrected chi connectivity index (χ4v) is 2.72. The summed E-state index contributed by atoms with van der Waals surface area (Å²) < 4.78 is 1.93. The van der Waals surface area contributed by atoms with Crippen LogP contribution in [0, 0.1) is 0 Å². The average molecular weight is 285 g/mol. The maximum Gasteiger partial charge on any atom is 0.335 e. The maximum atomic E-state index is 11.0. The summed E-state index contributed by atoms with van der Waals surface area (Å²) in [6, 6.07) is 6.96. The molecule has 0 amide bonds. The molecule has 0 saturated carbocycles. The second kappa shape index (κ2) is 6.10. The number of rotatable bonds is 5. The highest BCUT2D eigenvalue weighted by Gasteiger charge is 2.11. The topological polar surface area (TPSA) is 58.4 Å². The number of carboxylic acids is 1. The average Bonchev–Trinajstić information content (AvgIpc) is 3.17. The van der Waals surface area contributed by atoms with Crippen molar-refractivity contribution in [3.63, 3.8) is 0 Å². The van der Waals surface area contributed by atoms with Crippen molar-refractivity contribution in [1.82, 2.24) is 14.7 Å². The largest absolute Gasteiger partial charge is 0.478 e. The van der Waals surface area contributed by atoms with Crippen LogP contribution in [0.5, 0.6) is 0 Å². The Morgan fingerprint density at radius 3 is 2.76 bits per heavy atom. The zero-order chi connectivity index (χ0) is 14.7. The van der Waals surface area contributed by atoms with E-state index in [-0.39, 0.29) is 0 Å². The molecule has 2 aromatic rings. The van der Waals surface area contributed by atoms with E-state index in [0.29, 0.717) is 5.56 Å². The van der Waals surface area contributed by atoms with Gasteiger partial charge in [0.25, 0.3) is 0 Å². The standard InChI is InChI=1S/C16H19N3O2/c20-16(21)14-5-3-4-13(10-14)15-11-17-19(12-15)9-8-18-6-1-2-7-18/h3-5,10-12H,1-2,6-9H2,(H,20,21). The molecule has 1 fully saturated rings. The molecule has 21 heavy (non-hydrogen) atoms. The Hall–Kier alpha value is -2.14. The van der Waals surface area contributed by atoms with Gasteiger partial charge in [0.15, 0.2) is 0 Å². The highest BCUT2D eigenvalue weighted by atomic mass is 16.4. The third-order valence-corrected chi connectivity index (χ3v) is 3.92. The molecule has 1 aromatic carbocycles. The van der Waals surface area contributed by atoms with Gasteiger partial charge in [0.2, 0.25) is 0 Å². The van der Waals surface area contributed by atoms with Crippen LogP contribution < -0.4 is 0 Å². The minimum absolute atomic E-state index is 0.303. The summed E-state index contributed by atoms with van der Waals surface area (Å²) in [6.45, 7) is 4.28. The molecule has 0 bridgehead atoms. The van der Waals surface area contributed by atoms with E-state index in [4.69, 9.17) is 5.11 Å². The first-order valence-corrected chi connectivity index (χ1v) is 7.31. The van der Waals surface area contributed by atoms with Crippen molar-refractivity contribution >= 4 is 5.97 Å². The summed E-state index contributed by atoms with van der Waals surface area (Å²) >= 11 is 0. The SMILES string of the molecule is O=C(O)c1cccc(-c2cnn(CCN3CCCC3)c2)c1. The first-order chi connectivity index (χ1) is 10.2. The van der Waals surface area contributed by atoms with Gasteiger partial charge in [-0.15, -0.1) is 0 Å². The number of carboxylic acid groups (broad SMARTS) is 1. The van der Waals surface area contributed by atoms with Crippen molar-refractivity contribution in [2.24, 2.45) is 0 Å². The first-order valence-electron chi connectivity index (χ1n) is 7.31. The van der Waals surface area contributed by atoms with Gasteiger partial charge in [-0.3, -0.25) is 4.68 Å². The highest BCUT2D eigenvalue weighted by Crippen LogP contribution is 2.20. The van der Waals surface area contributed by atoms with E-state index >= 15 is 0 Å². The third-order valence-electron chi connectivity index (χ3n) is 3.92. The fraction of sp³-hybridized carbons (Fsp3) is 0.375. The number of aromatic carboxylic acids is 1. The lowest BCUT2D eigenvalue weighted by Gasteiger charge is -2.13. The molecule has 0 aliphatic carbocycles. The molecule has 0 radical (unpaired) electrons. The monoisotopic (exact) mass is 285 g/mol. The molecule has 2 heterocycles. The van der Waals surface area contributed by atoms with Crippen LogP contribution in [0.2, 0.25) is 0 Å². The summed E-state index contributed by atoms with van der Waals surface area (Å²) in [4.78, 5) is 13.5. The predicted octanol–water partition coefficient (Wildman–Crippen LogP) is 2.34. The van der Waals surface area contributed by atoms with Crippen LogP contribution in [0.3, 0.4) is 0 Å². The van der Waals surface area contributed by atoms with Gasteiger partial charge < -0.3 is 10.0 Å². The van der Waals surface area contributed by atoms with Crippen LogP contribution in [-0.4, -0.2) is 45.4 Å². The number of benzene rings is 1. The molecule has 5 nitrogen and oxygen atoms in total. The zero-order valence-electron chi connectivity index (χ0n) is 11.9. The molecule has 1 N–H and O–H groups in total. The first kappa shape index (κ1) is 13.8. The van der Waals surface area contributed by atoms with Gasteiger partial charge in [0, 0.05) is 18.3 Å². The molecule has 0 spiro atoms. The number of aromatic nitrogens is 2. The van der Waals surface area contributed by atoms with Crippen molar-refractivity contribution in [2.75, 3.05) is 19.6 Å². The van der Waals surface area contributed by atoms with Crippen LogP contribution in [0.25, 0.3) is 11.1 Å². The van der Waals surface area contributed by atoms with E-state index in [1.807, 2.05) is 16.9 Å². The van der Waals surface area contributed by atoms with Gasteiger partial charge in [-0.2, -0.15) is 5.10 Å². The van der Waals surface area contributed by atoms with Crippen molar-refractivity contribution in [3.05, 3.63) is 42.2 Å². The van der Waals surface area contributed by atoms with Gasteiger partial charge in [-0.25, -0.2) is 4.79 Å². The Morgan fingerprint density at radius 1 is 1.19 bits per heavy atom. The second-order valence-electron chi connectivity index (χ2n) is 5.43. The molecule has 1 saturated heterocycles. The smallest absolute Gasteiger partial charge is 0.335 e. The molecule has 5 heteroatoms. The maximum absolute atomic E-state index is 11.0. The lowest BCUT2D eigenvalue weighted by Crippen LogP contribution is -2.24. The fourth-order valence-electron chi connectivity index (χ4n) is 2.72. The normalized spacial score (nSPS) is 15.4. The Balaban J connectivity index is 1.69. The number of nitrogens with zero attached hydrogens (tertiary/aromatic N) is 3. The Labute approximate surface area is 123 Å². The van der Waals surface area contributed by atoms with Crippen LogP contribution in [0.1, 0.15) is 23.2 Å². The molecule has 1 aliphatic heterocycles. The van der Waals surface area contributed by atoms with E-state index in [2.05, 4.69) is 10.00 Å². The van der Waals surface area contributed by atoms with Crippen molar-refractivity contribution in [1.29, 1.82) is 0 Å². The Bertz CT molecular complexity index is 630. The van der Waals surface area contributed by atoms with E-state index in [1.54, 1.807) is 24.4 Å². The number of carbonyl (C=O) groups is 1. The highest BCUT2D eigenvalue weighted by molar-refractivity contribution is 5.89. The van der Waals surface area contributed by atoms with Gasteiger partial charge in [0.05, 0.1) is 18.3 Å². The lowest BCUT2D eigenvalue weighted by atomic mass is 10.1. The summed E-state index contributed by atoms with van der Waals surface area (Å²) in [6.07, 6.45) is 6.38. The lowest BCUT2D eigenvalue weighted by molar-refractivity contribution is 0.0697. The van der Waals surface area contributed by atoms with Crippen molar-refractivity contribution < 1.29 is 9.90 Å². The van der Waals surface area contributed by atoms with Crippen LogP contribution in [-0.2, 0) is 6.54 Å². The van der Waals surface area contributed by atoms with Crippen molar-refractivity contribution in [2.45, 2.75) is 19.4 Å². The Morgan fingerprint density at radius 2 is 2.00 bits per heavy atom. The van der Waals surface area contributed by atoms with E-state index in [9.17, 15) is 4.79 Å². The second-order valence-corrected chi connectivity index (χ2v) is 5.43. The predicted molar refractivity (Wildman–Crippen MR) is 80.3 cm³/mol. The number of hydrogen-bond donors (Lipinski definition) is 1. The minimum atomic E-state index is -0.904. The van der Waals surface area contributed by atoms with E-state index in [0.717, 1.165) is 24.2 Å². The van der Waals surface area contributed by atoms with E-state index < -0.39 is 5.97 Å². The molecular weight excluding hydrogens is 266 g/mol. The van der Waals surface area contributed by atoms with Gasteiger partial charge >= 0.3 is 5.97 Å². The number of likely N-dealkylation sites (tertiary alicyclic amines) is 1. The van der Waals surface area contributed by atoms with Crippen molar-refractivity contribution in [3.8, 4) is 11.1 Å².